The van der Waals surface area contributed by atoms with Gasteiger partial charge in [0.15, 0.2) is 12.4 Å². The van der Waals surface area contributed by atoms with Crippen LogP contribution in [0.15, 0.2) is 38.2 Å². The Labute approximate surface area is 155 Å². The molecule has 0 saturated carbocycles. The number of sulfonamides is 1. The Bertz CT molecular complexity index is 990. The Morgan fingerprint density at radius 3 is 2.41 bits per heavy atom. The molecule has 0 fully saturated rings. The van der Waals surface area contributed by atoms with E-state index in [0.717, 1.165) is 5.75 Å². The lowest BCUT2D eigenvalue weighted by Crippen LogP contribution is -2.24. The molecule has 0 bridgehead atoms. The smallest absolute Gasteiger partial charge is 0.246 e. The number of rotatable bonds is 8. The lowest BCUT2D eigenvalue weighted by atomic mass is 10.3. The first-order chi connectivity index (χ1) is 12.9. The van der Waals surface area contributed by atoms with Gasteiger partial charge in [0.2, 0.25) is 21.7 Å². The minimum absolute atomic E-state index is 0.00470. The zero-order valence-corrected chi connectivity index (χ0v) is 15.7. The molecule has 0 amide bonds. The van der Waals surface area contributed by atoms with Crippen LogP contribution < -0.4 is 14.2 Å². The van der Waals surface area contributed by atoms with Crippen molar-refractivity contribution in [2.45, 2.75) is 31.9 Å². The van der Waals surface area contributed by atoms with Gasteiger partial charge in [0, 0.05) is 0 Å². The predicted molar refractivity (Wildman–Crippen MR) is 91.6 cm³/mol. The molecule has 0 atom stereocenters. The fraction of sp³-hybridized carbons (Fsp3) is 0.312. The number of hydrogen-bond donors (Lipinski definition) is 1. The summed E-state index contributed by atoms with van der Waals surface area (Å²) in [6, 6.07) is 7.02. The summed E-state index contributed by atoms with van der Waals surface area (Å²) in [6.07, 6.45) is 0. The standard InChI is InChI=1S/C16H18N4O6S/c1-10-16(11(2)25-19-10)27(21,22)17-8-15-18-14(20-26-15)9-24-13-6-4-12(23-3)5-7-13/h4-7,17H,8-9H2,1-3H3. The lowest BCUT2D eigenvalue weighted by Gasteiger charge is -2.04. The minimum atomic E-state index is -3.81. The molecule has 3 aromatic rings. The normalized spacial score (nSPS) is 11.5. The van der Waals surface area contributed by atoms with Crippen molar-refractivity contribution in [1.82, 2.24) is 20.0 Å². The van der Waals surface area contributed by atoms with Gasteiger partial charge in [-0.15, -0.1) is 0 Å². The molecule has 2 heterocycles. The van der Waals surface area contributed by atoms with E-state index in [9.17, 15) is 8.42 Å². The maximum atomic E-state index is 12.3. The van der Waals surface area contributed by atoms with Crippen LogP contribution in [0.1, 0.15) is 23.2 Å². The average Bonchev–Trinajstić information content (AvgIpc) is 3.25. The van der Waals surface area contributed by atoms with Gasteiger partial charge in [-0.05, 0) is 38.1 Å². The number of benzene rings is 1. The molecule has 2 aromatic heterocycles. The van der Waals surface area contributed by atoms with Gasteiger partial charge in [0.1, 0.15) is 22.1 Å². The number of nitrogens with zero attached hydrogens (tertiary/aromatic N) is 3. The molecule has 0 unspecified atom stereocenters. The fourth-order valence-electron chi connectivity index (χ4n) is 2.33. The monoisotopic (exact) mass is 394 g/mol. The van der Waals surface area contributed by atoms with E-state index < -0.39 is 10.0 Å². The zero-order chi connectivity index (χ0) is 19.4. The second-order valence-corrected chi connectivity index (χ2v) is 7.25. The highest BCUT2D eigenvalue weighted by Gasteiger charge is 2.24. The molecule has 0 spiro atoms. The van der Waals surface area contributed by atoms with Gasteiger partial charge in [0.25, 0.3) is 0 Å². The predicted octanol–water partition coefficient (Wildman–Crippen LogP) is 1.74. The van der Waals surface area contributed by atoms with E-state index in [1.807, 2.05) is 0 Å². The Hall–Kier alpha value is -2.92. The topological polar surface area (TPSA) is 130 Å². The van der Waals surface area contributed by atoms with Crippen LogP contribution in [0, 0.1) is 13.8 Å². The van der Waals surface area contributed by atoms with Crippen molar-refractivity contribution < 1.29 is 26.9 Å². The molecule has 0 aliphatic carbocycles. The van der Waals surface area contributed by atoms with Gasteiger partial charge in [-0.3, -0.25) is 0 Å². The van der Waals surface area contributed by atoms with Gasteiger partial charge in [0.05, 0.1) is 13.7 Å². The zero-order valence-electron chi connectivity index (χ0n) is 14.9. The average molecular weight is 394 g/mol. The maximum Gasteiger partial charge on any atom is 0.246 e. The van der Waals surface area contributed by atoms with E-state index >= 15 is 0 Å². The van der Waals surface area contributed by atoms with E-state index in [1.54, 1.807) is 38.3 Å². The summed E-state index contributed by atoms with van der Waals surface area (Å²) < 4.78 is 47.6. The van der Waals surface area contributed by atoms with Crippen LogP contribution in [0.3, 0.4) is 0 Å². The Balaban J connectivity index is 1.57. The minimum Gasteiger partial charge on any atom is -0.497 e. The van der Waals surface area contributed by atoms with Gasteiger partial charge >= 0.3 is 0 Å². The summed E-state index contributed by atoms with van der Waals surface area (Å²) in [7, 11) is -2.23. The number of aryl methyl sites for hydroxylation is 2. The Kier molecular flexibility index (Phi) is 5.42. The molecule has 0 radical (unpaired) electrons. The second-order valence-electron chi connectivity index (χ2n) is 5.55. The molecule has 144 valence electrons. The van der Waals surface area contributed by atoms with Crippen LogP contribution >= 0.6 is 0 Å². The third-order valence-corrected chi connectivity index (χ3v) is 5.23. The van der Waals surface area contributed by atoms with Crippen LogP contribution in [0.5, 0.6) is 11.5 Å². The fourth-order valence-corrected chi connectivity index (χ4v) is 3.63. The highest BCUT2D eigenvalue weighted by atomic mass is 32.2. The summed E-state index contributed by atoms with van der Waals surface area (Å²) in [6.45, 7) is 2.98. The van der Waals surface area contributed by atoms with Gasteiger partial charge in [-0.2, -0.15) is 4.98 Å². The number of aromatic nitrogens is 3. The third kappa shape index (κ3) is 4.44. The van der Waals surface area contributed by atoms with Gasteiger partial charge < -0.3 is 18.5 Å². The number of methoxy groups -OCH3 is 1. The first-order valence-corrected chi connectivity index (χ1v) is 9.38. The van der Waals surface area contributed by atoms with Crippen LogP contribution in [0.2, 0.25) is 0 Å². The van der Waals surface area contributed by atoms with Crippen molar-refractivity contribution in [3.63, 3.8) is 0 Å². The third-order valence-electron chi connectivity index (χ3n) is 3.59. The quantitative estimate of drug-likeness (QED) is 0.607. The highest BCUT2D eigenvalue weighted by Crippen LogP contribution is 2.19. The van der Waals surface area contributed by atoms with E-state index in [1.165, 1.54) is 6.92 Å². The van der Waals surface area contributed by atoms with E-state index in [2.05, 4.69) is 20.0 Å². The first kappa shape index (κ1) is 18.9. The van der Waals surface area contributed by atoms with Gasteiger partial charge in [-0.1, -0.05) is 10.3 Å². The molecule has 11 heteroatoms. The van der Waals surface area contributed by atoms with Crippen molar-refractivity contribution in [1.29, 1.82) is 0 Å². The van der Waals surface area contributed by atoms with Crippen molar-refractivity contribution in [3.8, 4) is 11.5 Å². The molecule has 0 saturated heterocycles. The van der Waals surface area contributed by atoms with Crippen LogP contribution in [0.25, 0.3) is 0 Å². The van der Waals surface area contributed by atoms with E-state index in [-0.39, 0.29) is 41.2 Å². The number of ether oxygens (including phenoxy) is 2. The van der Waals surface area contributed by atoms with E-state index in [4.69, 9.17) is 18.5 Å². The second kappa shape index (κ2) is 7.76. The molecule has 10 nitrogen and oxygen atoms in total. The maximum absolute atomic E-state index is 12.3. The molecule has 0 aliphatic rings. The lowest BCUT2D eigenvalue weighted by molar-refractivity contribution is 0.284. The van der Waals surface area contributed by atoms with Crippen LogP contribution in [-0.4, -0.2) is 30.8 Å². The molecular weight excluding hydrogens is 376 g/mol. The summed E-state index contributed by atoms with van der Waals surface area (Å²) in [5.41, 5.74) is 0.277. The molecule has 1 N–H and O–H groups in total. The SMILES string of the molecule is COc1ccc(OCc2noc(CNS(=O)(=O)c3c(C)noc3C)n2)cc1. The summed E-state index contributed by atoms with van der Waals surface area (Å²) in [5.74, 6) is 1.94. The number of hydrogen-bond acceptors (Lipinski definition) is 9. The molecular formula is C16H18N4O6S. The van der Waals surface area contributed by atoms with Crippen molar-refractivity contribution in [2.75, 3.05) is 7.11 Å². The van der Waals surface area contributed by atoms with Crippen LogP contribution in [0.4, 0.5) is 0 Å². The highest BCUT2D eigenvalue weighted by molar-refractivity contribution is 7.89. The molecule has 1 aromatic carbocycles. The molecule has 27 heavy (non-hydrogen) atoms. The van der Waals surface area contributed by atoms with Crippen molar-refractivity contribution in [3.05, 3.63) is 47.4 Å². The summed E-state index contributed by atoms with van der Waals surface area (Å²) >= 11 is 0. The van der Waals surface area contributed by atoms with Gasteiger partial charge in [-0.25, -0.2) is 13.1 Å². The van der Waals surface area contributed by atoms with Crippen molar-refractivity contribution >= 4 is 10.0 Å². The first-order valence-electron chi connectivity index (χ1n) is 7.90. The largest absolute Gasteiger partial charge is 0.497 e. The van der Waals surface area contributed by atoms with Crippen LogP contribution in [-0.2, 0) is 23.2 Å². The van der Waals surface area contributed by atoms with Crippen molar-refractivity contribution in [2.24, 2.45) is 0 Å². The number of nitrogens with one attached hydrogen (secondary N) is 1. The Morgan fingerprint density at radius 1 is 1.07 bits per heavy atom. The van der Waals surface area contributed by atoms with E-state index in [0.29, 0.717) is 5.75 Å². The Morgan fingerprint density at radius 2 is 1.78 bits per heavy atom. The molecule has 3 rings (SSSR count). The summed E-state index contributed by atoms with van der Waals surface area (Å²) in [5, 5.41) is 7.40. The molecule has 0 aliphatic heterocycles. The summed E-state index contributed by atoms with van der Waals surface area (Å²) in [4.78, 5) is 4.10.